The van der Waals surface area contributed by atoms with Crippen molar-refractivity contribution in [2.75, 3.05) is 17.7 Å². The Balaban J connectivity index is 1.48. The monoisotopic (exact) mass is 594 g/mol. The second kappa shape index (κ2) is 14.1. The fraction of sp³-hybridized carbons (Fsp3) is 0.0698. The molecule has 6 rings (SSSR count). The van der Waals surface area contributed by atoms with Gasteiger partial charge in [-0.05, 0) is 75.4 Å². The molecule has 0 aromatic heterocycles. The normalized spacial score (nSPS) is 11.8. The number of para-hydroxylation sites is 1. The summed E-state index contributed by atoms with van der Waals surface area (Å²) in [4.78, 5) is 0. The average molecular weight is 595 g/mol. The molecule has 0 spiro atoms. The van der Waals surface area contributed by atoms with Crippen molar-refractivity contribution in [3.05, 3.63) is 180 Å². The van der Waals surface area contributed by atoms with Crippen LogP contribution in [0.4, 0.5) is 17.1 Å². The summed E-state index contributed by atoms with van der Waals surface area (Å²) in [7, 11) is 4.16. The number of benzene rings is 6. The lowest BCUT2D eigenvalue weighted by Gasteiger charge is -2.18. The predicted octanol–water partition coefficient (Wildman–Crippen LogP) is 9.81. The van der Waals surface area contributed by atoms with Crippen molar-refractivity contribution in [1.29, 1.82) is 0 Å². The van der Waals surface area contributed by atoms with Crippen molar-refractivity contribution in [2.24, 2.45) is 0 Å². The Labute approximate surface area is 274 Å². The maximum absolute atomic E-state index is 4.08. The van der Waals surface area contributed by atoms with Crippen LogP contribution in [-0.4, -0.2) is 14.9 Å². The average Bonchev–Trinajstić information content (AvgIpc) is 3.09. The van der Waals surface area contributed by atoms with Gasteiger partial charge < -0.3 is 10.6 Å². The summed E-state index contributed by atoms with van der Waals surface area (Å²) in [5, 5.41) is 9.59. The zero-order valence-electron chi connectivity index (χ0n) is 26.8. The standard InChI is InChI=1S/C43H39BN2/c1-4-30(2)27-37(29-35-17-9-8-16-34(35)28-36-18-12-20-40(44)43(36)45-3)42-39-19-11-10-15-33(39)23-26-41(42)46-38-24-21-32(22-25-38)31-13-6-5-7-14-31/h4-27,29,45-46H,1,28,44H2,2-3H3/b30-27-,37-29+. The highest BCUT2D eigenvalue weighted by Gasteiger charge is 2.14. The minimum Gasteiger partial charge on any atom is -0.388 e. The Hall–Kier alpha value is -5.54. The quantitative estimate of drug-likeness (QED) is 0.0937. The van der Waals surface area contributed by atoms with Gasteiger partial charge in [0.15, 0.2) is 0 Å². The van der Waals surface area contributed by atoms with Crippen LogP contribution in [0.3, 0.4) is 0 Å². The third-order valence-corrected chi connectivity index (χ3v) is 8.55. The van der Waals surface area contributed by atoms with E-state index in [9.17, 15) is 0 Å². The number of nitrogens with one attached hydrogen (secondary N) is 2. The Morgan fingerprint density at radius 2 is 1.41 bits per heavy atom. The van der Waals surface area contributed by atoms with Crippen LogP contribution in [0.1, 0.15) is 29.2 Å². The minimum absolute atomic E-state index is 0.830. The molecule has 6 aromatic carbocycles. The molecule has 0 aliphatic rings. The molecule has 0 fully saturated rings. The molecule has 0 amide bonds. The van der Waals surface area contributed by atoms with Crippen molar-refractivity contribution in [3.8, 4) is 11.1 Å². The van der Waals surface area contributed by atoms with E-state index < -0.39 is 0 Å². The molecule has 224 valence electrons. The molecule has 0 unspecified atom stereocenters. The fourth-order valence-corrected chi connectivity index (χ4v) is 6.15. The van der Waals surface area contributed by atoms with E-state index in [-0.39, 0.29) is 0 Å². The first kappa shape index (κ1) is 30.5. The number of rotatable bonds is 10. The molecule has 0 aliphatic carbocycles. The van der Waals surface area contributed by atoms with E-state index >= 15 is 0 Å². The van der Waals surface area contributed by atoms with Crippen LogP contribution in [0.2, 0.25) is 0 Å². The minimum atomic E-state index is 0.830. The third-order valence-electron chi connectivity index (χ3n) is 8.55. The Bertz CT molecular complexity index is 2050. The molecule has 0 bridgehead atoms. The van der Waals surface area contributed by atoms with Gasteiger partial charge in [-0.2, -0.15) is 0 Å². The van der Waals surface area contributed by atoms with E-state index in [1.807, 2.05) is 13.1 Å². The largest absolute Gasteiger partial charge is 0.388 e. The van der Waals surface area contributed by atoms with Crippen molar-refractivity contribution < 1.29 is 0 Å². The predicted molar refractivity (Wildman–Crippen MR) is 204 cm³/mol. The zero-order valence-corrected chi connectivity index (χ0v) is 26.8. The van der Waals surface area contributed by atoms with E-state index in [1.54, 1.807) is 0 Å². The molecule has 3 heteroatoms. The number of allylic oxidation sites excluding steroid dienone is 4. The highest BCUT2D eigenvalue weighted by Crippen LogP contribution is 2.37. The third kappa shape index (κ3) is 6.75. The number of anilines is 3. The molecular formula is C43H39BN2. The fourth-order valence-electron chi connectivity index (χ4n) is 6.15. The van der Waals surface area contributed by atoms with Crippen molar-refractivity contribution >= 4 is 52.8 Å². The van der Waals surface area contributed by atoms with Gasteiger partial charge in [0, 0.05) is 36.1 Å². The van der Waals surface area contributed by atoms with Crippen molar-refractivity contribution in [2.45, 2.75) is 13.3 Å². The van der Waals surface area contributed by atoms with Gasteiger partial charge in [0.2, 0.25) is 0 Å². The van der Waals surface area contributed by atoms with E-state index in [1.165, 1.54) is 49.7 Å². The molecule has 46 heavy (non-hydrogen) atoms. The molecule has 0 aliphatic heterocycles. The first-order valence-electron chi connectivity index (χ1n) is 15.9. The van der Waals surface area contributed by atoms with E-state index in [2.05, 4.69) is 178 Å². The van der Waals surface area contributed by atoms with E-state index in [4.69, 9.17) is 0 Å². The Morgan fingerprint density at radius 3 is 2.20 bits per heavy atom. The molecule has 2 N–H and O–H groups in total. The Kier molecular flexibility index (Phi) is 9.31. The summed E-state index contributed by atoms with van der Waals surface area (Å²) in [5.41, 5.74) is 14.1. The Morgan fingerprint density at radius 1 is 0.717 bits per heavy atom. The summed E-state index contributed by atoms with van der Waals surface area (Å²) >= 11 is 0. The van der Waals surface area contributed by atoms with Crippen LogP contribution < -0.4 is 16.1 Å². The highest BCUT2D eigenvalue weighted by molar-refractivity contribution is 6.36. The van der Waals surface area contributed by atoms with Gasteiger partial charge in [-0.3, -0.25) is 0 Å². The molecule has 6 aromatic rings. The number of hydrogen-bond acceptors (Lipinski definition) is 2. The molecular weight excluding hydrogens is 555 g/mol. The SMILES string of the molecule is Bc1cccc(Cc2ccccc2/C=C(\C=C(\C)C=C)c2c(Nc3ccc(-c4ccccc4)cc3)ccc3ccccc23)c1NC. The second-order valence-corrected chi connectivity index (χ2v) is 11.7. The second-order valence-electron chi connectivity index (χ2n) is 11.7. The topological polar surface area (TPSA) is 24.1 Å². The van der Waals surface area contributed by atoms with Crippen LogP contribution in [0, 0.1) is 0 Å². The lowest BCUT2D eigenvalue weighted by Crippen LogP contribution is -2.12. The van der Waals surface area contributed by atoms with E-state index in [0.717, 1.165) is 34.5 Å². The van der Waals surface area contributed by atoms with Crippen LogP contribution >= 0.6 is 0 Å². The maximum Gasteiger partial charge on any atom is 0.142 e. The van der Waals surface area contributed by atoms with Gasteiger partial charge >= 0.3 is 0 Å². The van der Waals surface area contributed by atoms with E-state index in [0.29, 0.717) is 0 Å². The molecule has 2 nitrogen and oxygen atoms in total. The molecule has 0 atom stereocenters. The smallest absolute Gasteiger partial charge is 0.142 e. The first-order chi connectivity index (χ1) is 22.5. The molecule has 0 saturated heterocycles. The first-order valence-corrected chi connectivity index (χ1v) is 15.9. The van der Waals surface area contributed by atoms with Crippen LogP contribution in [0.5, 0.6) is 0 Å². The summed E-state index contributed by atoms with van der Waals surface area (Å²) in [6, 6.07) is 47.5. The van der Waals surface area contributed by atoms with Crippen molar-refractivity contribution in [3.63, 3.8) is 0 Å². The van der Waals surface area contributed by atoms with Crippen LogP contribution in [0.15, 0.2) is 158 Å². The summed E-state index contributed by atoms with van der Waals surface area (Å²) in [6.45, 7) is 6.19. The molecule has 0 heterocycles. The van der Waals surface area contributed by atoms with Gasteiger partial charge in [-0.15, -0.1) is 0 Å². The maximum atomic E-state index is 4.08. The number of hydrogen-bond donors (Lipinski definition) is 2. The highest BCUT2D eigenvalue weighted by atomic mass is 14.9. The van der Waals surface area contributed by atoms with Crippen LogP contribution in [0.25, 0.3) is 33.5 Å². The molecule has 0 saturated carbocycles. The lowest BCUT2D eigenvalue weighted by molar-refractivity contribution is 1.18. The zero-order chi connectivity index (χ0) is 31.9. The van der Waals surface area contributed by atoms with Crippen molar-refractivity contribution in [1.82, 2.24) is 0 Å². The lowest BCUT2D eigenvalue weighted by atomic mass is 9.88. The summed E-state index contributed by atoms with van der Waals surface area (Å²) in [5.74, 6) is 0. The summed E-state index contributed by atoms with van der Waals surface area (Å²) in [6.07, 6.45) is 7.34. The number of fused-ring (bicyclic) bond motifs is 1. The van der Waals surface area contributed by atoms with Gasteiger partial charge in [0.05, 0.1) is 0 Å². The van der Waals surface area contributed by atoms with Gasteiger partial charge in [0.25, 0.3) is 0 Å². The van der Waals surface area contributed by atoms with Gasteiger partial charge in [-0.25, -0.2) is 0 Å². The van der Waals surface area contributed by atoms with Gasteiger partial charge in [0.1, 0.15) is 7.85 Å². The summed E-state index contributed by atoms with van der Waals surface area (Å²) < 4.78 is 0. The van der Waals surface area contributed by atoms with Gasteiger partial charge in [-0.1, -0.05) is 145 Å². The van der Waals surface area contributed by atoms with Crippen LogP contribution in [-0.2, 0) is 6.42 Å². The molecule has 0 radical (unpaired) electrons.